The van der Waals surface area contributed by atoms with Crippen LogP contribution in [0.2, 0.25) is 0 Å². The van der Waals surface area contributed by atoms with E-state index in [1.807, 2.05) is 18.5 Å². The molecule has 0 N–H and O–H groups in total. The van der Waals surface area contributed by atoms with Gasteiger partial charge in [0.05, 0.1) is 11.9 Å². The fourth-order valence-electron chi connectivity index (χ4n) is 2.44. The maximum Gasteiger partial charge on any atom is 0.0557 e. The Balaban J connectivity index is 2.23. The van der Waals surface area contributed by atoms with Crippen LogP contribution in [-0.4, -0.2) is 17.1 Å². The summed E-state index contributed by atoms with van der Waals surface area (Å²) in [5.41, 5.74) is 1.27. The van der Waals surface area contributed by atoms with Crippen LogP contribution >= 0.6 is 0 Å². The van der Waals surface area contributed by atoms with Crippen molar-refractivity contribution < 1.29 is 0 Å². The largest absolute Gasteiger partial charge is 0.365 e. The lowest BCUT2D eigenvalue weighted by atomic mass is 9.97. The number of nitrogens with zero attached hydrogens (tertiary/aromatic N) is 2. The highest BCUT2D eigenvalue weighted by Gasteiger charge is 2.24. The van der Waals surface area contributed by atoms with Crippen molar-refractivity contribution in [3.63, 3.8) is 0 Å². The zero-order chi connectivity index (χ0) is 9.97. The van der Waals surface area contributed by atoms with E-state index in [0.29, 0.717) is 12.1 Å². The first-order chi connectivity index (χ1) is 6.79. The third kappa shape index (κ3) is 1.74. The van der Waals surface area contributed by atoms with Gasteiger partial charge in [0.15, 0.2) is 0 Å². The highest BCUT2D eigenvalue weighted by atomic mass is 15.2. The maximum absolute atomic E-state index is 4.19. The Kier molecular flexibility index (Phi) is 2.71. The van der Waals surface area contributed by atoms with E-state index < -0.39 is 0 Å². The minimum atomic E-state index is 0.656. The van der Waals surface area contributed by atoms with E-state index in [0.717, 1.165) is 0 Å². The van der Waals surface area contributed by atoms with E-state index in [2.05, 4.69) is 29.8 Å². The van der Waals surface area contributed by atoms with Gasteiger partial charge >= 0.3 is 0 Å². The summed E-state index contributed by atoms with van der Waals surface area (Å²) in [5.74, 6) is 0. The number of aromatic nitrogens is 1. The fourth-order valence-corrected chi connectivity index (χ4v) is 2.44. The number of hydrogen-bond acceptors (Lipinski definition) is 2. The predicted molar refractivity (Wildman–Crippen MR) is 59.5 cm³/mol. The van der Waals surface area contributed by atoms with Crippen molar-refractivity contribution in [2.45, 2.75) is 45.2 Å². The smallest absolute Gasteiger partial charge is 0.0557 e. The molecule has 0 radical (unpaired) electrons. The van der Waals surface area contributed by atoms with Crippen LogP contribution in [0.5, 0.6) is 0 Å². The second-order valence-corrected chi connectivity index (χ2v) is 4.25. The zero-order valence-corrected chi connectivity index (χ0v) is 8.98. The molecule has 76 valence electrons. The van der Waals surface area contributed by atoms with Crippen molar-refractivity contribution in [2.24, 2.45) is 0 Å². The normalized spacial score (nSPS) is 27.7. The molecule has 0 saturated carbocycles. The van der Waals surface area contributed by atoms with Gasteiger partial charge in [0.25, 0.3) is 0 Å². The number of pyridine rings is 1. The molecule has 1 aliphatic rings. The minimum Gasteiger partial charge on any atom is -0.365 e. The van der Waals surface area contributed by atoms with Gasteiger partial charge in [-0.1, -0.05) is 0 Å². The summed E-state index contributed by atoms with van der Waals surface area (Å²) < 4.78 is 0. The Labute approximate surface area is 86.0 Å². The molecule has 0 amide bonds. The third-order valence-electron chi connectivity index (χ3n) is 3.14. The fraction of sp³-hybridized carbons (Fsp3) is 0.583. The Bertz CT molecular complexity index is 274. The van der Waals surface area contributed by atoms with Crippen LogP contribution < -0.4 is 4.90 Å². The third-order valence-corrected chi connectivity index (χ3v) is 3.14. The zero-order valence-electron chi connectivity index (χ0n) is 8.98. The van der Waals surface area contributed by atoms with Crippen LogP contribution in [0, 0.1) is 0 Å². The summed E-state index contributed by atoms with van der Waals surface area (Å²) in [6.45, 7) is 4.62. The molecular weight excluding hydrogens is 172 g/mol. The van der Waals surface area contributed by atoms with Crippen molar-refractivity contribution in [3.8, 4) is 0 Å². The molecule has 0 aromatic carbocycles. The minimum absolute atomic E-state index is 0.656. The summed E-state index contributed by atoms with van der Waals surface area (Å²) in [5, 5.41) is 0. The van der Waals surface area contributed by atoms with Crippen LogP contribution in [0.1, 0.15) is 33.1 Å². The van der Waals surface area contributed by atoms with Crippen LogP contribution in [-0.2, 0) is 0 Å². The molecule has 2 heteroatoms. The van der Waals surface area contributed by atoms with Crippen molar-refractivity contribution in [1.82, 2.24) is 4.98 Å². The monoisotopic (exact) mass is 190 g/mol. The van der Waals surface area contributed by atoms with E-state index in [4.69, 9.17) is 0 Å². The van der Waals surface area contributed by atoms with E-state index in [-0.39, 0.29) is 0 Å². The molecule has 1 saturated heterocycles. The molecule has 2 atom stereocenters. The van der Waals surface area contributed by atoms with E-state index >= 15 is 0 Å². The number of anilines is 1. The summed E-state index contributed by atoms with van der Waals surface area (Å²) in [7, 11) is 0. The Morgan fingerprint density at radius 1 is 1.29 bits per heavy atom. The molecule has 2 nitrogen and oxygen atoms in total. The molecule has 1 aromatic heterocycles. The highest BCUT2D eigenvalue weighted by molar-refractivity contribution is 5.46. The predicted octanol–water partition coefficient (Wildman–Crippen LogP) is 2.85. The van der Waals surface area contributed by atoms with Gasteiger partial charge in [-0.2, -0.15) is 0 Å². The lowest BCUT2D eigenvalue weighted by molar-refractivity contribution is 0.414. The molecule has 0 spiro atoms. The Morgan fingerprint density at radius 3 is 2.57 bits per heavy atom. The molecule has 1 fully saturated rings. The van der Waals surface area contributed by atoms with Crippen molar-refractivity contribution >= 4 is 5.69 Å². The lowest BCUT2D eigenvalue weighted by Gasteiger charge is -2.40. The molecule has 0 bridgehead atoms. The van der Waals surface area contributed by atoms with Gasteiger partial charge in [0.1, 0.15) is 0 Å². The van der Waals surface area contributed by atoms with E-state index in [9.17, 15) is 0 Å². The van der Waals surface area contributed by atoms with Gasteiger partial charge in [-0.05, 0) is 45.2 Å². The molecule has 1 aliphatic heterocycles. The topological polar surface area (TPSA) is 16.1 Å². The highest BCUT2D eigenvalue weighted by Crippen LogP contribution is 2.27. The lowest BCUT2D eigenvalue weighted by Crippen LogP contribution is -2.43. The van der Waals surface area contributed by atoms with E-state index in [1.165, 1.54) is 24.9 Å². The summed E-state index contributed by atoms with van der Waals surface area (Å²) >= 11 is 0. The molecule has 2 rings (SSSR count). The van der Waals surface area contributed by atoms with Gasteiger partial charge < -0.3 is 4.90 Å². The summed E-state index contributed by atoms with van der Waals surface area (Å²) in [4.78, 5) is 6.68. The molecular formula is C12H18N2. The Morgan fingerprint density at radius 2 is 2.00 bits per heavy atom. The number of piperidine rings is 1. The first-order valence-corrected chi connectivity index (χ1v) is 5.47. The molecule has 0 unspecified atom stereocenters. The molecule has 0 aliphatic carbocycles. The standard InChI is InChI=1S/C12H18N2/c1-10-5-3-6-11(2)14(10)12-7-4-8-13-9-12/h4,7-11H,3,5-6H2,1-2H3/t10-,11+. The van der Waals surface area contributed by atoms with Crippen molar-refractivity contribution in [1.29, 1.82) is 0 Å². The first kappa shape index (κ1) is 9.50. The van der Waals surface area contributed by atoms with Gasteiger partial charge in [-0.15, -0.1) is 0 Å². The van der Waals surface area contributed by atoms with E-state index in [1.54, 1.807) is 0 Å². The van der Waals surface area contributed by atoms with Gasteiger partial charge in [0.2, 0.25) is 0 Å². The second-order valence-electron chi connectivity index (χ2n) is 4.25. The van der Waals surface area contributed by atoms with Crippen LogP contribution in [0.3, 0.4) is 0 Å². The summed E-state index contributed by atoms with van der Waals surface area (Å²) in [6.07, 6.45) is 7.78. The average molecular weight is 190 g/mol. The van der Waals surface area contributed by atoms with Crippen LogP contribution in [0.15, 0.2) is 24.5 Å². The quantitative estimate of drug-likeness (QED) is 0.677. The van der Waals surface area contributed by atoms with Crippen molar-refractivity contribution in [3.05, 3.63) is 24.5 Å². The number of rotatable bonds is 1. The maximum atomic E-state index is 4.19. The van der Waals surface area contributed by atoms with Crippen LogP contribution in [0.25, 0.3) is 0 Å². The molecule has 1 aromatic rings. The Hall–Kier alpha value is -1.05. The number of hydrogen-bond donors (Lipinski definition) is 0. The van der Waals surface area contributed by atoms with Gasteiger partial charge in [0, 0.05) is 18.3 Å². The molecule has 14 heavy (non-hydrogen) atoms. The first-order valence-electron chi connectivity index (χ1n) is 5.47. The van der Waals surface area contributed by atoms with Gasteiger partial charge in [-0.3, -0.25) is 4.98 Å². The van der Waals surface area contributed by atoms with Gasteiger partial charge in [-0.25, -0.2) is 0 Å². The SMILES string of the molecule is C[C@@H]1CCC[C@H](C)N1c1cccnc1. The second kappa shape index (κ2) is 3.99. The van der Waals surface area contributed by atoms with Crippen LogP contribution in [0.4, 0.5) is 5.69 Å². The molecule has 2 heterocycles. The summed E-state index contributed by atoms with van der Waals surface area (Å²) in [6, 6.07) is 5.49. The van der Waals surface area contributed by atoms with Crippen molar-refractivity contribution in [2.75, 3.05) is 4.90 Å². The average Bonchev–Trinajstić information content (AvgIpc) is 2.19.